The van der Waals surface area contributed by atoms with E-state index in [1.807, 2.05) is 0 Å². The number of hydrogen-bond acceptors (Lipinski definition) is 6. The Bertz CT molecular complexity index is 665. The first-order valence-electron chi connectivity index (χ1n) is 5.69. The summed E-state index contributed by atoms with van der Waals surface area (Å²) in [7, 11) is 0. The van der Waals surface area contributed by atoms with Gasteiger partial charge < -0.3 is 9.73 Å². The largest absolute Gasteiger partial charge is 0.433 e. The Hall–Kier alpha value is -2.90. The Morgan fingerprint density at radius 3 is 2.50 bits per heavy atom. The number of nitro groups is 2. The highest BCUT2D eigenvalue weighted by molar-refractivity contribution is 5.62. The normalized spacial score (nSPS) is 10.2. The van der Waals surface area contributed by atoms with Crippen LogP contribution in [0.2, 0.25) is 0 Å². The van der Waals surface area contributed by atoms with Gasteiger partial charge in [-0.2, -0.15) is 0 Å². The van der Waals surface area contributed by atoms with E-state index in [1.54, 1.807) is 19.1 Å². The quantitative estimate of drug-likeness (QED) is 0.664. The molecule has 1 heterocycles. The lowest BCUT2D eigenvalue weighted by Gasteiger charge is -2.05. The first-order chi connectivity index (χ1) is 9.47. The van der Waals surface area contributed by atoms with Gasteiger partial charge in [0, 0.05) is 6.07 Å². The number of hydrogen-bond donors (Lipinski definition) is 1. The number of aryl methyl sites for hydroxylation is 1. The molecule has 0 unspecified atom stereocenters. The summed E-state index contributed by atoms with van der Waals surface area (Å²) >= 11 is 0. The summed E-state index contributed by atoms with van der Waals surface area (Å²) in [4.78, 5) is 20.3. The second kappa shape index (κ2) is 5.39. The highest BCUT2D eigenvalue weighted by atomic mass is 16.6. The Morgan fingerprint density at radius 2 is 1.90 bits per heavy atom. The number of anilines is 1. The van der Waals surface area contributed by atoms with Crippen molar-refractivity contribution in [3.8, 4) is 0 Å². The molecular formula is C12H11N3O5. The van der Waals surface area contributed by atoms with Crippen molar-refractivity contribution in [1.29, 1.82) is 0 Å². The van der Waals surface area contributed by atoms with Gasteiger partial charge in [0.25, 0.3) is 5.69 Å². The molecule has 1 aromatic carbocycles. The fourth-order valence-corrected chi connectivity index (χ4v) is 1.68. The maximum atomic E-state index is 10.9. The van der Waals surface area contributed by atoms with Gasteiger partial charge in [-0.1, -0.05) is 6.07 Å². The van der Waals surface area contributed by atoms with Crippen molar-refractivity contribution in [3.05, 3.63) is 61.9 Å². The van der Waals surface area contributed by atoms with Crippen molar-refractivity contribution in [2.75, 3.05) is 5.32 Å². The average molecular weight is 277 g/mol. The van der Waals surface area contributed by atoms with Crippen LogP contribution < -0.4 is 5.32 Å². The van der Waals surface area contributed by atoms with Crippen molar-refractivity contribution in [2.45, 2.75) is 13.5 Å². The fraction of sp³-hybridized carbons (Fsp3) is 0.167. The van der Waals surface area contributed by atoms with E-state index in [0.717, 1.165) is 5.56 Å². The summed E-state index contributed by atoms with van der Waals surface area (Å²) in [6.45, 7) is 1.88. The second-order valence-corrected chi connectivity index (χ2v) is 4.13. The van der Waals surface area contributed by atoms with Crippen molar-refractivity contribution in [3.63, 3.8) is 0 Å². The lowest BCUT2D eigenvalue weighted by atomic mass is 10.2. The zero-order valence-corrected chi connectivity index (χ0v) is 10.5. The summed E-state index contributed by atoms with van der Waals surface area (Å²) in [5.41, 5.74) is 1.06. The Balaban J connectivity index is 2.14. The van der Waals surface area contributed by atoms with Crippen LogP contribution in [0.15, 0.2) is 34.7 Å². The highest BCUT2D eigenvalue weighted by Crippen LogP contribution is 2.26. The summed E-state index contributed by atoms with van der Waals surface area (Å²) in [6.07, 6.45) is 0. The molecule has 20 heavy (non-hydrogen) atoms. The monoisotopic (exact) mass is 277 g/mol. The van der Waals surface area contributed by atoms with E-state index in [4.69, 9.17) is 4.42 Å². The van der Waals surface area contributed by atoms with Crippen molar-refractivity contribution in [1.82, 2.24) is 0 Å². The Morgan fingerprint density at radius 1 is 1.15 bits per heavy atom. The predicted octanol–water partition coefficient (Wildman–Crippen LogP) is 3.02. The van der Waals surface area contributed by atoms with Gasteiger partial charge in [0.2, 0.25) is 0 Å². The third-order valence-electron chi connectivity index (χ3n) is 2.63. The molecule has 104 valence electrons. The molecule has 0 fully saturated rings. The average Bonchev–Trinajstić information content (AvgIpc) is 2.86. The fourth-order valence-electron chi connectivity index (χ4n) is 1.68. The zero-order chi connectivity index (χ0) is 14.7. The van der Waals surface area contributed by atoms with Crippen LogP contribution >= 0.6 is 0 Å². The molecule has 0 radical (unpaired) electrons. The van der Waals surface area contributed by atoms with Crippen LogP contribution in [0.4, 0.5) is 17.3 Å². The van der Waals surface area contributed by atoms with Gasteiger partial charge in [0.15, 0.2) is 0 Å². The predicted molar refractivity (Wildman–Crippen MR) is 70.5 cm³/mol. The minimum atomic E-state index is -0.641. The summed E-state index contributed by atoms with van der Waals surface area (Å²) < 4.78 is 4.96. The van der Waals surface area contributed by atoms with E-state index in [-0.39, 0.29) is 18.1 Å². The van der Waals surface area contributed by atoms with Crippen LogP contribution in [-0.2, 0) is 6.54 Å². The van der Waals surface area contributed by atoms with E-state index >= 15 is 0 Å². The SMILES string of the molecule is Cc1ccc(NCc2ccc([N+](=O)[O-])o2)c([N+](=O)[O-])c1. The molecule has 0 atom stereocenters. The second-order valence-electron chi connectivity index (χ2n) is 4.13. The molecule has 0 aliphatic rings. The van der Waals surface area contributed by atoms with Gasteiger partial charge in [-0.3, -0.25) is 20.2 Å². The minimum Gasteiger partial charge on any atom is -0.404 e. The maximum absolute atomic E-state index is 10.9. The van der Waals surface area contributed by atoms with E-state index < -0.39 is 9.85 Å². The standard InChI is InChI=1S/C12H11N3O5/c1-8-2-4-10(11(6-8)14(16)17)13-7-9-3-5-12(20-9)15(18)19/h2-6,13H,7H2,1H3. The van der Waals surface area contributed by atoms with Crippen LogP contribution in [0, 0.1) is 27.2 Å². The van der Waals surface area contributed by atoms with Crippen LogP contribution in [0.25, 0.3) is 0 Å². The molecule has 1 aromatic heterocycles. The Labute approximate surface area is 113 Å². The van der Waals surface area contributed by atoms with E-state index in [1.165, 1.54) is 18.2 Å². The van der Waals surface area contributed by atoms with Crippen LogP contribution in [-0.4, -0.2) is 9.85 Å². The number of nitrogens with one attached hydrogen (secondary N) is 1. The minimum absolute atomic E-state index is 0.0499. The lowest BCUT2D eigenvalue weighted by Crippen LogP contribution is -2.02. The van der Waals surface area contributed by atoms with Gasteiger partial charge in [-0.05, 0) is 24.6 Å². The third kappa shape index (κ3) is 2.91. The van der Waals surface area contributed by atoms with Gasteiger partial charge >= 0.3 is 5.88 Å². The van der Waals surface area contributed by atoms with Crippen molar-refractivity contribution >= 4 is 17.3 Å². The first kappa shape index (κ1) is 13.5. The Kier molecular flexibility index (Phi) is 3.65. The molecule has 2 aromatic rings. The topological polar surface area (TPSA) is 111 Å². The number of furan rings is 1. The highest BCUT2D eigenvalue weighted by Gasteiger charge is 2.15. The summed E-state index contributed by atoms with van der Waals surface area (Å²) in [6, 6.07) is 7.46. The number of nitro benzene ring substituents is 1. The number of rotatable bonds is 5. The molecule has 0 aliphatic carbocycles. The zero-order valence-electron chi connectivity index (χ0n) is 10.5. The first-order valence-corrected chi connectivity index (χ1v) is 5.69. The molecule has 0 amide bonds. The van der Waals surface area contributed by atoms with Gasteiger partial charge in [0.05, 0.1) is 17.5 Å². The molecule has 0 bridgehead atoms. The maximum Gasteiger partial charge on any atom is 0.433 e. The smallest absolute Gasteiger partial charge is 0.404 e. The molecule has 1 N–H and O–H groups in total. The molecular weight excluding hydrogens is 266 g/mol. The van der Waals surface area contributed by atoms with Crippen molar-refractivity contribution in [2.24, 2.45) is 0 Å². The van der Waals surface area contributed by atoms with Gasteiger partial charge in [0.1, 0.15) is 16.4 Å². The van der Waals surface area contributed by atoms with E-state index in [9.17, 15) is 20.2 Å². The molecule has 8 heteroatoms. The van der Waals surface area contributed by atoms with Crippen LogP contribution in [0.3, 0.4) is 0 Å². The van der Waals surface area contributed by atoms with Crippen LogP contribution in [0.5, 0.6) is 0 Å². The molecule has 0 saturated carbocycles. The number of benzene rings is 1. The van der Waals surface area contributed by atoms with E-state index in [0.29, 0.717) is 11.4 Å². The van der Waals surface area contributed by atoms with Gasteiger partial charge in [-0.15, -0.1) is 0 Å². The number of nitrogens with zero attached hydrogens (tertiary/aromatic N) is 2. The third-order valence-corrected chi connectivity index (χ3v) is 2.63. The van der Waals surface area contributed by atoms with E-state index in [2.05, 4.69) is 5.32 Å². The molecule has 8 nitrogen and oxygen atoms in total. The molecule has 2 rings (SSSR count). The van der Waals surface area contributed by atoms with Crippen LogP contribution in [0.1, 0.15) is 11.3 Å². The molecule has 0 saturated heterocycles. The van der Waals surface area contributed by atoms with Crippen molar-refractivity contribution < 1.29 is 14.3 Å². The summed E-state index contributed by atoms with van der Waals surface area (Å²) in [5, 5.41) is 24.2. The van der Waals surface area contributed by atoms with Gasteiger partial charge in [-0.25, -0.2) is 0 Å². The molecule has 0 aliphatic heterocycles. The summed E-state index contributed by atoms with van der Waals surface area (Å²) in [5.74, 6) is -0.0354. The molecule has 0 spiro atoms. The lowest BCUT2D eigenvalue weighted by molar-refractivity contribution is -0.402.